The van der Waals surface area contributed by atoms with Gasteiger partial charge in [-0.1, -0.05) is 23.4 Å². The summed E-state index contributed by atoms with van der Waals surface area (Å²) in [6.45, 7) is 0.374. The van der Waals surface area contributed by atoms with Crippen molar-refractivity contribution in [3.63, 3.8) is 0 Å². The number of nitrogens with zero attached hydrogens (tertiary/aromatic N) is 1. The van der Waals surface area contributed by atoms with Crippen molar-refractivity contribution in [1.29, 1.82) is 0 Å². The van der Waals surface area contributed by atoms with Crippen molar-refractivity contribution in [3.05, 3.63) is 64.8 Å². The van der Waals surface area contributed by atoms with Crippen molar-refractivity contribution < 1.29 is 27.8 Å². The Balaban J connectivity index is 1.79. The standard InChI is InChI=1S/C24H25ClF2N4O4S/c1-2-34-13-3-12-29-21(32)18-19(28)20(36-23(18)31-16-6-4-14(25)5-7-16)22(33)30-15-8-10-17(11-9-15)35-24(26)27/h4-11,20,24H,2-3,12-13,28H2,1H3,(H,29,32)(H,30,33)/t20-/m0/s1. The predicted octanol–water partition coefficient (Wildman–Crippen LogP) is 4.48. The number of benzene rings is 2. The molecule has 0 aliphatic carbocycles. The molecular formula is C24H25ClF2N4O4S. The van der Waals surface area contributed by atoms with Crippen LogP contribution in [0.15, 0.2) is 64.8 Å². The van der Waals surface area contributed by atoms with E-state index < -0.39 is 23.7 Å². The van der Waals surface area contributed by atoms with Crippen LogP contribution in [-0.2, 0) is 14.3 Å². The van der Waals surface area contributed by atoms with Crippen molar-refractivity contribution in [3.8, 4) is 5.75 Å². The lowest BCUT2D eigenvalue weighted by atomic mass is 10.1. The summed E-state index contributed by atoms with van der Waals surface area (Å²) in [5.74, 6) is -0.991. The van der Waals surface area contributed by atoms with Gasteiger partial charge in [0.1, 0.15) is 16.0 Å². The van der Waals surface area contributed by atoms with Crippen LogP contribution in [0.4, 0.5) is 20.2 Å². The summed E-state index contributed by atoms with van der Waals surface area (Å²) in [7, 11) is 0. The number of thioether (sulfide) groups is 1. The second-order valence-corrected chi connectivity index (χ2v) is 8.95. The van der Waals surface area contributed by atoms with Gasteiger partial charge in [-0.15, -0.1) is 0 Å². The molecule has 0 fully saturated rings. The first-order chi connectivity index (χ1) is 17.3. The van der Waals surface area contributed by atoms with E-state index in [0.717, 1.165) is 11.8 Å². The van der Waals surface area contributed by atoms with Crippen molar-refractivity contribution in [2.75, 3.05) is 25.1 Å². The highest BCUT2D eigenvalue weighted by molar-refractivity contribution is 8.16. The van der Waals surface area contributed by atoms with Gasteiger partial charge < -0.3 is 25.8 Å². The third kappa shape index (κ3) is 7.67. The molecule has 1 heterocycles. The fourth-order valence-electron chi connectivity index (χ4n) is 3.16. The van der Waals surface area contributed by atoms with Crippen molar-refractivity contribution in [1.82, 2.24) is 5.32 Å². The summed E-state index contributed by atoms with van der Waals surface area (Å²) in [5, 5.41) is 5.35. The number of anilines is 1. The Hall–Kier alpha value is -3.15. The summed E-state index contributed by atoms with van der Waals surface area (Å²) < 4.78 is 34.3. The van der Waals surface area contributed by atoms with E-state index in [1.165, 1.54) is 24.3 Å². The van der Waals surface area contributed by atoms with Gasteiger partial charge in [0.15, 0.2) is 0 Å². The smallest absolute Gasteiger partial charge is 0.387 e. The quantitative estimate of drug-likeness (QED) is 0.363. The van der Waals surface area contributed by atoms with E-state index in [-0.39, 0.29) is 22.1 Å². The zero-order valence-corrected chi connectivity index (χ0v) is 20.9. The molecule has 2 aromatic carbocycles. The first kappa shape index (κ1) is 27.4. The Labute approximate surface area is 216 Å². The van der Waals surface area contributed by atoms with Gasteiger partial charge in [-0.2, -0.15) is 8.78 Å². The molecule has 1 aliphatic rings. The lowest BCUT2D eigenvalue weighted by Gasteiger charge is -2.12. The number of amides is 2. The predicted molar refractivity (Wildman–Crippen MR) is 137 cm³/mol. The van der Waals surface area contributed by atoms with Crippen LogP contribution < -0.4 is 21.1 Å². The van der Waals surface area contributed by atoms with E-state index in [9.17, 15) is 18.4 Å². The Morgan fingerprint density at radius 1 is 1.17 bits per heavy atom. The number of rotatable bonds is 11. The molecule has 0 radical (unpaired) electrons. The Morgan fingerprint density at radius 3 is 2.50 bits per heavy atom. The average Bonchev–Trinajstić information content (AvgIpc) is 3.17. The monoisotopic (exact) mass is 538 g/mol. The van der Waals surface area contributed by atoms with Crippen LogP contribution in [0.1, 0.15) is 13.3 Å². The molecule has 0 saturated carbocycles. The van der Waals surface area contributed by atoms with E-state index in [0.29, 0.717) is 42.6 Å². The van der Waals surface area contributed by atoms with Gasteiger partial charge >= 0.3 is 6.61 Å². The van der Waals surface area contributed by atoms with E-state index in [4.69, 9.17) is 22.1 Å². The SMILES string of the molecule is CCOCCCNC(=O)C1=C(N)[C@@H](C(=O)Nc2ccc(OC(F)F)cc2)SC1=Nc1ccc(Cl)cc1. The summed E-state index contributed by atoms with van der Waals surface area (Å²) in [6, 6.07) is 12.1. The van der Waals surface area contributed by atoms with Crippen LogP contribution in [0.5, 0.6) is 5.75 Å². The molecule has 1 aliphatic heterocycles. The molecular weight excluding hydrogens is 514 g/mol. The van der Waals surface area contributed by atoms with Gasteiger partial charge in [0.2, 0.25) is 5.91 Å². The van der Waals surface area contributed by atoms with Gasteiger partial charge in [0, 0.05) is 36.2 Å². The molecule has 12 heteroatoms. The molecule has 0 spiro atoms. The molecule has 36 heavy (non-hydrogen) atoms. The molecule has 8 nitrogen and oxygen atoms in total. The lowest BCUT2D eigenvalue weighted by Crippen LogP contribution is -2.32. The van der Waals surface area contributed by atoms with E-state index >= 15 is 0 Å². The Bertz CT molecular complexity index is 1130. The highest BCUT2D eigenvalue weighted by Gasteiger charge is 2.38. The van der Waals surface area contributed by atoms with Crippen molar-refractivity contribution >= 4 is 51.6 Å². The zero-order valence-electron chi connectivity index (χ0n) is 19.3. The van der Waals surface area contributed by atoms with Crippen LogP contribution in [0.2, 0.25) is 5.02 Å². The van der Waals surface area contributed by atoms with Crippen LogP contribution in [0.3, 0.4) is 0 Å². The maximum Gasteiger partial charge on any atom is 0.387 e. The number of carbonyl (C=O) groups is 2. The second-order valence-electron chi connectivity index (χ2n) is 7.42. The molecule has 3 rings (SSSR count). The minimum atomic E-state index is -2.95. The molecule has 0 aromatic heterocycles. The number of hydrogen-bond donors (Lipinski definition) is 3. The number of nitrogens with two attached hydrogens (primary N) is 1. The van der Waals surface area contributed by atoms with Gasteiger partial charge in [-0.05, 0) is 61.9 Å². The molecule has 4 N–H and O–H groups in total. The van der Waals surface area contributed by atoms with E-state index in [1.54, 1.807) is 24.3 Å². The minimum absolute atomic E-state index is 0.0432. The lowest BCUT2D eigenvalue weighted by molar-refractivity contribution is -0.117. The first-order valence-electron chi connectivity index (χ1n) is 11.0. The minimum Gasteiger partial charge on any atom is -0.435 e. The number of alkyl halides is 2. The largest absolute Gasteiger partial charge is 0.435 e. The third-order valence-corrected chi connectivity index (χ3v) is 6.31. The van der Waals surface area contributed by atoms with Gasteiger partial charge in [0.05, 0.1) is 11.3 Å². The number of ether oxygens (including phenoxy) is 2. The highest BCUT2D eigenvalue weighted by atomic mass is 35.5. The zero-order chi connectivity index (χ0) is 26.1. The van der Waals surface area contributed by atoms with Crippen LogP contribution >= 0.6 is 23.4 Å². The average molecular weight is 539 g/mol. The van der Waals surface area contributed by atoms with E-state index in [2.05, 4.69) is 20.4 Å². The molecule has 2 amide bonds. The number of nitrogens with one attached hydrogen (secondary N) is 2. The molecule has 2 aromatic rings. The van der Waals surface area contributed by atoms with Gasteiger partial charge in [-0.25, -0.2) is 4.99 Å². The fourth-order valence-corrected chi connectivity index (χ4v) is 4.41. The second kappa shape index (κ2) is 13.2. The number of aliphatic imine (C=N–C) groups is 1. The number of carbonyl (C=O) groups excluding carboxylic acids is 2. The normalized spacial score (nSPS) is 16.5. The Morgan fingerprint density at radius 2 is 1.86 bits per heavy atom. The van der Waals surface area contributed by atoms with Crippen LogP contribution in [0, 0.1) is 0 Å². The summed E-state index contributed by atoms with van der Waals surface area (Å²) in [6.07, 6.45) is 0.610. The topological polar surface area (TPSA) is 115 Å². The van der Waals surface area contributed by atoms with Crippen LogP contribution in [0.25, 0.3) is 0 Å². The van der Waals surface area contributed by atoms with E-state index in [1.807, 2.05) is 6.92 Å². The maximum atomic E-state index is 13.0. The molecule has 1 atom stereocenters. The number of halogens is 3. The van der Waals surface area contributed by atoms with Gasteiger partial charge in [-0.3, -0.25) is 9.59 Å². The van der Waals surface area contributed by atoms with Gasteiger partial charge in [0.25, 0.3) is 5.91 Å². The fraction of sp³-hybridized carbons (Fsp3) is 0.292. The summed E-state index contributed by atoms with van der Waals surface area (Å²) in [4.78, 5) is 30.5. The maximum absolute atomic E-state index is 13.0. The third-order valence-electron chi connectivity index (χ3n) is 4.84. The number of hydrogen-bond acceptors (Lipinski definition) is 7. The van der Waals surface area contributed by atoms with Crippen LogP contribution in [-0.4, -0.2) is 48.5 Å². The summed E-state index contributed by atoms with van der Waals surface area (Å²) >= 11 is 6.98. The first-order valence-corrected chi connectivity index (χ1v) is 12.3. The van der Waals surface area contributed by atoms with Crippen molar-refractivity contribution in [2.45, 2.75) is 25.2 Å². The summed E-state index contributed by atoms with van der Waals surface area (Å²) in [5.41, 5.74) is 7.34. The Kier molecular flexibility index (Phi) is 10.1. The molecule has 0 bridgehead atoms. The molecule has 0 unspecified atom stereocenters. The highest BCUT2D eigenvalue weighted by Crippen LogP contribution is 2.35. The molecule has 0 saturated heterocycles. The van der Waals surface area contributed by atoms with Crippen molar-refractivity contribution in [2.24, 2.45) is 10.7 Å². The molecule has 192 valence electrons.